The molecule has 0 aliphatic heterocycles. The van der Waals surface area contributed by atoms with Crippen LogP contribution in [0.3, 0.4) is 0 Å². The van der Waals surface area contributed by atoms with Gasteiger partial charge in [0.25, 0.3) is 0 Å². The SMILES string of the molecule is C=CN(/C=C\C)C(=O)OCCC. The Labute approximate surface area is 73.3 Å². The van der Waals surface area contributed by atoms with Crippen LogP contribution in [0.25, 0.3) is 0 Å². The molecule has 12 heavy (non-hydrogen) atoms. The van der Waals surface area contributed by atoms with Crippen LogP contribution in [-0.4, -0.2) is 17.6 Å². The Bertz CT molecular complexity index is 175. The van der Waals surface area contributed by atoms with E-state index in [9.17, 15) is 4.79 Å². The maximum absolute atomic E-state index is 11.1. The molecule has 0 aliphatic carbocycles. The van der Waals surface area contributed by atoms with Crippen LogP contribution in [0.2, 0.25) is 0 Å². The summed E-state index contributed by atoms with van der Waals surface area (Å²) in [6.07, 6.45) is 5.20. The molecule has 1 amide bonds. The average molecular weight is 169 g/mol. The topological polar surface area (TPSA) is 29.5 Å². The second-order valence-electron chi connectivity index (χ2n) is 2.19. The van der Waals surface area contributed by atoms with Crippen LogP contribution in [0.5, 0.6) is 0 Å². The molecule has 0 aliphatic rings. The van der Waals surface area contributed by atoms with Gasteiger partial charge in [-0.2, -0.15) is 0 Å². The first-order valence-electron chi connectivity index (χ1n) is 3.96. The summed E-state index contributed by atoms with van der Waals surface area (Å²) in [5, 5.41) is 0. The van der Waals surface area contributed by atoms with Gasteiger partial charge in [-0.25, -0.2) is 4.79 Å². The molecular formula is C9H15NO2. The van der Waals surface area contributed by atoms with Crippen LogP contribution < -0.4 is 0 Å². The molecule has 0 bridgehead atoms. The first-order chi connectivity index (χ1) is 5.76. The van der Waals surface area contributed by atoms with Crippen molar-refractivity contribution >= 4 is 6.09 Å². The zero-order valence-electron chi connectivity index (χ0n) is 7.62. The Morgan fingerprint density at radius 2 is 2.33 bits per heavy atom. The average Bonchev–Trinajstić information content (AvgIpc) is 2.10. The fourth-order valence-electron chi connectivity index (χ4n) is 0.621. The second-order valence-corrected chi connectivity index (χ2v) is 2.19. The number of amides is 1. The van der Waals surface area contributed by atoms with Gasteiger partial charge in [-0.3, -0.25) is 4.90 Å². The monoisotopic (exact) mass is 169 g/mol. The first kappa shape index (κ1) is 10.8. The Morgan fingerprint density at radius 3 is 2.75 bits per heavy atom. The first-order valence-corrected chi connectivity index (χ1v) is 3.96. The summed E-state index contributed by atoms with van der Waals surface area (Å²) in [5.74, 6) is 0. The van der Waals surface area contributed by atoms with E-state index in [4.69, 9.17) is 4.74 Å². The minimum Gasteiger partial charge on any atom is -0.449 e. The van der Waals surface area contributed by atoms with Gasteiger partial charge >= 0.3 is 6.09 Å². The van der Waals surface area contributed by atoms with E-state index in [0.29, 0.717) is 6.61 Å². The third kappa shape index (κ3) is 3.81. The highest BCUT2D eigenvalue weighted by Crippen LogP contribution is 1.96. The Kier molecular flexibility index (Phi) is 5.79. The van der Waals surface area contributed by atoms with Gasteiger partial charge in [-0.15, -0.1) is 0 Å². The highest BCUT2D eigenvalue weighted by molar-refractivity contribution is 5.69. The van der Waals surface area contributed by atoms with Crippen molar-refractivity contribution in [1.82, 2.24) is 4.90 Å². The number of allylic oxidation sites excluding steroid dienone is 1. The number of hydrogen-bond acceptors (Lipinski definition) is 2. The number of carbonyl (C=O) groups excluding carboxylic acids is 1. The van der Waals surface area contributed by atoms with Crippen molar-refractivity contribution in [2.24, 2.45) is 0 Å². The van der Waals surface area contributed by atoms with Gasteiger partial charge < -0.3 is 4.74 Å². The highest BCUT2D eigenvalue weighted by Gasteiger charge is 2.06. The molecule has 0 aromatic carbocycles. The van der Waals surface area contributed by atoms with Crippen molar-refractivity contribution < 1.29 is 9.53 Å². The maximum atomic E-state index is 11.1. The van der Waals surface area contributed by atoms with E-state index < -0.39 is 0 Å². The molecule has 0 fully saturated rings. The smallest absolute Gasteiger partial charge is 0.417 e. The van der Waals surface area contributed by atoms with E-state index in [-0.39, 0.29) is 6.09 Å². The number of ether oxygens (including phenoxy) is 1. The second kappa shape index (κ2) is 6.46. The molecular weight excluding hydrogens is 154 g/mol. The minimum absolute atomic E-state index is 0.384. The van der Waals surface area contributed by atoms with Crippen molar-refractivity contribution in [2.75, 3.05) is 6.61 Å². The van der Waals surface area contributed by atoms with E-state index >= 15 is 0 Å². The Morgan fingerprint density at radius 1 is 1.67 bits per heavy atom. The molecule has 0 atom stereocenters. The fraction of sp³-hybridized carbons (Fsp3) is 0.444. The van der Waals surface area contributed by atoms with Crippen molar-refractivity contribution in [2.45, 2.75) is 20.3 Å². The lowest BCUT2D eigenvalue weighted by atomic mass is 10.5. The lowest BCUT2D eigenvalue weighted by molar-refractivity contribution is 0.128. The Hall–Kier alpha value is -1.25. The Balaban J connectivity index is 3.94. The summed E-state index contributed by atoms with van der Waals surface area (Å²) in [4.78, 5) is 12.4. The standard InChI is InChI=1S/C9H15NO2/c1-4-7-10(6-3)9(11)12-8-5-2/h4,6-7H,3,5,8H2,1-2H3/b7-4-. The number of rotatable bonds is 4. The van der Waals surface area contributed by atoms with Crippen LogP contribution in [-0.2, 0) is 4.74 Å². The van der Waals surface area contributed by atoms with Gasteiger partial charge in [0.1, 0.15) is 0 Å². The molecule has 3 nitrogen and oxygen atoms in total. The predicted octanol–water partition coefficient (Wildman–Crippen LogP) is 2.51. The summed E-state index contributed by atoms with van der Waals surface area (Å²) in [6.45, 7) is 7.70. The molecule has 0 heterocycles. The van der Waals surface area contributed by atoms with Crippen LogP contribution in [0.4, 0.5) is 4.79 Å². The lowest BCUT2D eigenvalue weighted by Crippen LogP contribution is -2.20. The van der Waals surface area contributed by atoms with Crippen molar-refractivity contribution in [3.05, 3.63) is 25.1 Å². The summed E-state index contributed by atoms with van der Waals surface area (Å²) < 4.78 is 4.86. The molecule has 0 N–H and O–H groups in total. The van der Waals surface area contributed by atoms with Gasteiger partial charge in [0.2, 0.25) is 0 Å². The summed E-state index contributed by atoms with van der Waals surface area (Å²) in [7, 11) is 0. The van der Waals surface area contributed by atoms with Gasteiger partial charge in [0.05, 0.1) is 6.61 Å². The van der Waals surface area contributed by atoms with Gasteiger partial charge in [-0.1, -0.05) is 19.6 Å². The fourth-order valence-corrected chi connectivity index (χ4v) is 0.621. The van der Waals surface area contributed by atoms with Gasteiger partial charge in [0.15, 0.2) is 0 Å². The molecule has 0 spiro atoms. The molecule has 0 saturated heterocycles. The molecule has 0 radical (unpaired) electrons. The van der Waals surface area contributed by atoms with Gasteiger partial charge in [0, 0.05) is 12.4 Å². The third-order valence-electron chi connectivity index (χ3n) is 1.15. The predicted molar refractivity (Wildman–Crippen MR) is 48.5 cm³/mol. The van der Waals surface area contributed by atoms with E-state index in [1.165, 1.54) is 11.1 Å². The summed E-state index contributed by atoms with van der Waals surface area (Å²) >= 11 is 0. The summed E-state index contributed by atoms with van der Waals surface area (Å²) in [5.41, 5.74) is 0. The van der Waals surface area contributed by atoms with E-state index in [1.807, 2.05) is 13.8 Å². The molecule has 0 rings (SSSR count). The minimum atomic E-state index is -0.384. The molecule has 0 saturated carbocycles. The molecule has 0 unspecified atom stereocenters. The third-order valence-corrected chi connectivity index (χ3v) is 1.15. The van der Waals surface area contributed by atoms with Crippen LogP contribution in [0, 0.1) is 0 Å². The molecule has 0 aromatic rings. The molecule has 0 aromatic heterocycles. The molecule has 68 valence electrons. The van der Waals surface area contributed by atoms with Crippen LogP contribution >= 0.6 is 0 Å². The van der Waals surface area contributed by atoms with Crippen LogP contribution in [0.1, 0.15) is 20.3 Å². The number of carbonyl (C=O) groups is 1. The summed E-state index contributed by atoms with van der Waals surface area (Å²) in [6, 6.07) is 0. The van der Waals surface area contributed by atoms with Crippen molar-refractivity contribution in [1.29, 1.82) is 0 Å². The number of hydrogen-bond donors (Lipinski definition) is 0. The quantitative estimate of drug-likeness (QED) is 0.647. The zero-order chi connectivity index (χ0) is 9.40. The number of nitrogens with zero attached hydrogens (tertiary/aromatic N) is 1. The largest absolute Gasteiger partial charge is 0.449 e. The van der Waals surface area contributed by atoms with Gasteiger partial charge in [-0.05, 0) is 13.3 Å². The van der Waals surface area contributed by atoms with Crippen molar-refractivity contribution in [3.8, 4) is 0 Å². The highest BCUT2D eigenvalue weighted by atomic mass is 16.6. The lowest BCUT2D eigenvalue weighted by Gasteiger charge is -2.11. The van der Waals surface area contributed by atoms with Crippen LogP contribution in [0.15, 0.2) is 25.1 Å². The molecule has 3 heteroatoms. The van der Waals surface area contributed by atoms with Crippen molar-refractivity contribution in [3.63, 3.8) is 0 Å². The van der Waals surface area contributed by atoms with E-state index in [2.05, 4.69) is 6.58 Å². The van der Waals surface area contributed by atoms with E-state index in [1.54, 1.807) is 12.3 Å². The normalized spacial score (nSPS) is 9.83. The zero-order valence-corrected chi connectivity index (χ0v) is 7.62. The van der Waals surface area contributed by atoms with E-state index in [0.717, 1.165) is 6.42 Å². The maximum Gasteiger partial charge on any atom is 0.417 e.